The second kappa shape index (κ2) is 4.19. The highest BCUT2D eigenvalue weighted by molar-refractivity contribution is 5.25. The third-order valence-corrected chi connectivity index (χ3v) is 2.74. The van der Waals surface area contributed by atoms with Crippen LogP contribution in [0.4, 0.5) is 0 Å². The lowest BCUT2D eigenvalue weighted by atomic mass is 10.2. The molecule has 0 saturated heterocycles. The van der Waals surface area contributed by atoms with Crippen LogP contribution in [-0.2, 0) is 6.54 Å². The molecule has 0 fully saturated rings. The van der Waals surface area contributed by atoms with Gasteiger partial charge in [-0.25, -0.2) is 4.98 Å². The molecule has 0 amide bonds. The lowest BCUT2D eigenvalue weighted by molar-refractivity contribution is 0.755. The van der Waals surface area contributed by atoms with Crippen LogP contribution in [0.15, 0.2) is 30.3 Å². The summed E-state index contributed by atoms with van der Waals surface area (Å²) >= 11 is 0. The average Bonchev–Trinajstić information content (AvgIpc) is 2.58. The maximum Gasteiger partial charge on any atom is 0.213 e. The molecule has 0 aliphatic heterocycles. The van der Waals surface area contributed by atoms with Crippen LogP contribution in [-0.4, -0.2) is 9.55 Å². The van der Waals surface area contributed by atoms with E-state index in [1.54, 1.807) is 0 Å². The van der Waals surface area contributed by atoms with Crippen molar-refractivity contribution in [1.29, 1.82) is 5.26 Å². The molecule has 2 aromatic rings. The van der Waals surface area contributed by atoms with Gasteiger partial charge < -0.3 is 4.57 Å². The second-order valence-electron chi connectivity index (χ2n) is 3.79. The molecule has 0 atom stereocenters. The summed E-state index contributed by atoms with van der Waals surface area (Å²) < 4.78 is 1.95. The number of nitriles is 1. The van der Waals surface area contributed by atoms with Gasteiger partial charge in [0, 0.05) is 12.2 Å². The number of benzene rings is 1. The van der Waals surface area contributed by atoms with E-state index in [0.717, 1.165) is 11.4 Å². The Morgan fingerprint density at radius 3 is 2.56 bits per heavy atom. The normalized spacial score (nSPS) is 10.1. The Hall–Kier alpha value is -2.08. The molecule has 0 N–H and O–H groups in total. The van der Waals surface area contributed by atoms with E-state index in [2.05, 4.69) is 23.2 Å². The minimum Gasteiger partial charge on any atom is -0.315 e. The number of aryl methyl sites for hydroxylation is 1. The Bertz CT molecular complexity index is 532. The molecule has 3 heteroatoms. The van der Waals surface area contributed by atoms with Crippen LogP contribution < -0.4 is 0 Å². The first-order valence-corrected chi connectivity index (χ1v) is 5.20. The first kappa shape index (κ1) is 10.4. The summed E-state index contributed by atoms with van der Waals surface area (Å²) in [5.41, 5.74) is 3.16. The van der Waals surface area contributed by atoms with Gasteiger partial charge in [0.15, 0.2) is 0 Å². The number of rotatable bonds is 2. The Kier molecular flexibility index (Phi) is 2.74. The van der Waals surface area contributed by atoms with Crippen molar-refractivity contribution in [1.82, 2.24) is 9.55 Å². The van der Waals surface area contributed by atoms with Crippen molar-refractivity contribution >= 4 is 0 Å². The van der Waals surface area contributed by atoms with E-state index < -0.39 is 0 Å². The molecule has 0 aliphatic carbocycles. The minimum absolute atomic E-state index is 0.485. The highest BCUT2D eigenvalue weighted by atomic mass is 15.1. The van der Waals surface area contributed by atoms with Crippen molar-refractivity contribution in [2.24, 2.45) is 0 Å². The fraction of sp³-hybridized carbons (Fsp3) is 0.231. The van der Waals surface area contributed by atoms with Gasteiger partial charge in [0.05, 0.1) is 5.69 Å². The van der Waals surface area contributed by atoms with E-state index in [4.69, 9.17) is 5.26 Å². The van der Waals surface area contributed by atoms with Crippen molar-refractivity contribution in [3.05, 3.63) is 53.1 Å². The Morgan fingerprint density at radius 1 is 1.25 bits per heavy atom. The third-order valence-electron chi connectivity index (χ3n) is 2.74. The summed E-state index contributed by atoms with van der Waals surface area (Å²) in [5.74, 6) is 0.485. The summed E-state index contributed by atoms with van der Waals surface area (Å²) in [4.78, 5) is 4.23. The molecule has 0 saturated carbocycles. The van der Waals surface area contributed by atoms with E-state index >= 15 is 0 Å². The number of hydrogen-bond acceptors (Lipinski definition) is 2. The molecular formula is C13H13N3. The number of aromatic nitrogens is 2. The minimum atomic E-state index is 0.485. The molecule has 80 valence electrons. The highest BCUT2D eigenvalue weighted by Crippen LogP contribution is 2.12. The van der Waals surface area contributed by atoms with Gasteiger partial charge in [-0.3, -0.25) is 0 Å². The lowest BCUT2D eigenvalue weighted by Gasteiger charge is -2.06. The maximum absolute atomic E-state index is 9.00. The summed E-state index contributed by atoms with van der Waals surface area (Å²) in [6.07, 6.45) is 0. The van der Waals surface area contributed by atoms with Gasteiger partial charge in [0.2, 0.25) is 5.82 Å². The van der Waals surface area contributed by atoms with Crippen molar-refractivity contribution in [2.45, 2.75) is 20.4 Å². The molecule has 16 heavy (non-hydrogen) atoms. The first-order valence-electron chi connectivity index (χ1n) is 5.20. The van der Waals surface area contributed by atoms with Gasteiger partial charge >= 0.3 is 0 Å². The molecule has 1 aromatic carbocycles. The third kappa shape index (κ3) is 1.82. The molecule has 1 heterocycles. The summed E-state index contributed by atoms with van der Waals surface area (Å²) in [6, 6.07) is 12.2. The van der Waals surface area contributed by atoms with Crippen LogP contribution in [0.2, 0.25) is 0 Å². The molecule has 1 aromatic heterocycles. The quantitative estimate of drug-likeness (QED) is 0.765. The molecular weight excluding hydrogens is 198 g/mol. The van der Waals surface area contributed by atoms with Crippen LogP contribution in [0.5, 0.6) is 0 Å². The zero-order valence-corrected chi connectivity index (χ0v) is 9.44. The zero-order valence-electron chi connectivity index (χ0n) is 9.44. The van der Waals surface area contributed by atoms with E-state index in [-0.39, 0.29) is 0 Å². The zero-order chi connectivity index (χ0) is 11.5. The largest absolute Gasteiger partial charge is 0.315 e. The summed E-state index contributed by atoms with van der Waals surface area (Å²) in [5, 5.41) is 9.00. The highest BCUT2D eigenvalue weighted by Gasteiger charge is 2.10. The second-order valence-corrected chi connectivity index (χ2v) is 3.79. The van der Waals surface area contributed by atoms with E-state index in [9.17, 15) is 0 Å². The van der Waals surface area contributed by atoms with Crippen LogP contribution in [0, 0.1) is 25.2 Å². The van der Waals surface area contributed by atoms with E-state index in [1.165, 1.54) is 5.56 Å². The molecule has 0 aliphatic rings. The van der Waals surface area contributed by atoms with Gasteiger partial charge in [-0.05, 0) is 19.4 Å². The number of hydrogen-bond donors (Lipinski definition) is 0. The first-order chi connectivity index (χ1) is 7.72. The van der Waals surface area contributed by atoms with E-state index in [0.29, 0.717) is 12.4 Å². The standard InChI is InChI=1S/C13H13N3/c1-10-11(2)16(13(8-14)15-10)9-12-6-4-3-5-7-12/h3-7H,9H2,1-2H3. The SMILES string of the molecule is Cc1nc(C#N)n(Cc2ccccc2)c1C. The molecule has 2 rings (SSSR count). The average molecular weight is 211 g/mol. The fourth-order valence-corrected chi connectivity index (χ4v) is 1.70. The Labute approximate surface area is 95.0 Å². The van der Waals surface area contributed by atoms with Crippen LogP contribution in [0.3, 0.4) is 0 Å². The van der Waals surface area contributed by atoms with Crippen molar-refractivity contribution < 1.29 is 0 Å². The molecule has 0 spiro atoms. The van der Waals surface area contributed by atoms with Crippen LogP contribution in [0.1, 0.15) is 22.8 Å². The van der Waals surface area contributed by atoms with Gasteiger partial charge in [0.1, 0.15) is 6.07 Å². The molecule has 3 nitrogen and oxygen atoms in total. The smallest absolute Gasteiger partial charge is 0.213 e. The van der Waals surface area contributed by atoms with Crippen LogP contribution >= 0.6 is 0 Å². The van der Waals surface area contributed by atoms with Crippen molar-refractivity contribution in [3.8, 4) is 6.07 Å². The maximum atomic E-state index is 9.00. The monoisotopic (exact) mass is 211 g/mol. The fourth-order valence-electron chi connectivity index (χ4n) is 1.70. The number of nitrogens with zero attached hydrogens (tertiary/aromatic N) is 3. The van der Waals surface area contributed by atoms with Gasteiger partial charge in [-0.1, -0.05) is 30.3 Å². The van der Waals surface area contributed by atoms with Gasteiger partial charge in [-0.2, -0.15) is 5.26 Å². The molecule has 0 unspecified atom stereocenters. The predicted molar refractivity (Wildman–Crippen MR) is 62.0 cm³/mol. The Morgan fingerprint density at radius 2 is 1.94 bits per heavy atom. The number of imidazole rings is 1. The van der Waals surface area contributed by atoms with E-state index in [1.807, 2.05) is 36.6 Å². The molecule has 0 bridgehead atoms. The van der Waals surface area contributed by atoms with Crippen LogP contribution in [0.25, 0.3) is 0 Å². The topological polar surface area (TPSA) is 41.6 Å². The predicted octanol–water partition coefficient (Wildman–Crippen LogP) is 2.42. The van der Waals surface area contributed by atoms with Crippen molar-refractivity contribution in [2.75, 3.05) is 0 Å². The van der Waals surface area contributed by atoms with Gasteiger partial charge in [-0.15, -0.1) is 0 Å². The molecule has 0 radical (unpaired) electrons. The lowest BCUT2D eigenvalue weighted by Crippen LogP contribution is -2.04. The van der Waals surface area contributed by atoms with Crippen molar-refractivity contribution in [3.63, 3.8) is 0 Å². The Balaban J connectivity index is 2.39. The summed E-state index contributed by atoms with van der Waals surface area (Å²) in [7, 11) is 0. The van der Waals surface area contributed by atoms with Gasteiger partial charge in [0.25, 0.3) is 0 Å². The summed E-state index contributed by atoms with van der Waals surface area (Å²) in [6.45, 7) is 4.63.